The van der Waals surface area contributed by atoms with Crippen LogP contribution < -0.4 is 9.47 Å². The molecule has 0 fully saturated rings. The van der Waals surface area contributed by atoms with Crippen LogP contribution in [0.1, 0.15) is 13.8 Å². The van der Waals surface area contributed by atoms with Gasteiger partial charge in [-0.15, -0.1) is 11.8 Å². The van der Waals surface area contributed by atoms with Crippen LogP contribution >= 0.6 is 11.8 Å². The van der Waals surface area contributed by atoms with Crippen molar-refractivity contribution < 1.29 is 9.47 Å². The fourth-order valence-corrected chi connectivity index (χ4v) is 2.90. The Bertz CT molecular complexity index is 570. The second kappa shape index (κ2) is 6.66. The van der Waals surface area contributed by atoms with E-state index < -0.39 is 0 Å². The Morgan fingerprint density at radius 2 is 1.85 bits per heavy atom. The molecule has 2 aromatic rings. The van der Waals surface area contributed by atoms with Gasteiger partial charge in [-0.25, -0.2) is 0 Å². The van der Waals surface area contributed by atoms with E-state index in [0.29, 0.717) is 5.25 Å². The second-order valence-electron chi connectivity index (χ2n) is 4.61. The van der Waals surface area contributed by atoms with Crippen LogP contribution in [0.3, 0.4) is 0 Å². The first-order valence-corrected chi connectivity index (χ1v) is 7.36. The standard InChI is InChI=1S/C16H19NO2S/c1-11(2)20-16-9-14(18-3)13(8-15(16)19-4)12-6-5-7-17-10-12/h5-11H,1-4H3. The molecule has 0 saturated carbocycles. The van der Waals surface area contributed by atoms with E-state index in [4.69, 9.17) is 9.47 Å². The predicted octanol–water partition coefficient (Wildman–Crippen LogP) is 4.27. The SMILES string of the molecule is COc1cc(-c2cccnc2)c(OC)cc1SC(C)C. The summed E-state index contributed by atoms with van der Waals surface area (Å²) in [4.78, 5) is 5.25. The maximum Gasteiger partial charge on any atom is 0.133 e. The molecule has 4 heteroatoms. The zero-order valence-corrected chi connectivity index (χ0v) is 13.0. The largest absolute Gasteiger partial charge is 0.496 e. The lowest BCUT2D eigenvalue weighted by Crippen LogP contribution is -1.95. The zero-order chi connectivity index (χ0) is 14.5. The number of thioether (sulfide) groups is 1. The average Bonchev–Trinajstić information content (AvgIpc) is 2.47. The average molecular weight is 289 g/mol. The molecule has 1 aromatic carbocycles. The second-order valence-corrected chi connectivity index (χ2v) is 6.23. The number of hydrogen-bond donors (Lipinski definition) is 0. The van der Waals surface area contributed by atoms with Crippen molar-refractivity contribution in [2.75, 3.05) is 14.2 Å². The molecule has 0 amide bonds. The van der Waals surface area contributed by atoms with Gasteiger partial charge in [0.2, 0.25) is 0 Å². The molecular formula is C16H19NO2S. The molecule has 0 aliphatic rings. The molecule has 0 N–H and O–H groups in total. The van der Waals surface area contributed by atoms with Crippen molar-refractivity contribution in [3.8, 4) is 22.6 Å². The van der Waals surface area contributed by atoms with E-state index >= 15 is 0 Å². The van der Waals surface area contributed by atoms with Gasteiger partial charge in [0.1, 0.15) is 11.5 Å². The number of aromatic nitrogens is 1. The molecule has 0 radical (unpaired) electrons. The highest BCUT2D eigenvalue weighted by Crippen LogP contribution is 2.41. The molecule has 0 aliphatic heterocycles. The summed E-state index contributed by atoms with van der Waals surface area (Å²) in [6.45, 7) is 4.32. The third kappa shape index (κ3) is 3.25. The molecule has 0 bridgehead atoms. The molecule has 0 spiro atoms. The predicted molar refractivity (Wildman–Crippen MR) is 83.8 cm³/mol. The summed E-state index contributed by atoms with van der Waals surface area (Å²) in [6, 6.07) is 7.98. The molecule has 1 aromatic heterocycles. The Morgan fingerprint density at radius 1 is 1.10 bits per heavy atom. The minimum Gasteiger partial charge on any atom is -0.496 e. The topological polar surface area (TPSA) is 31.4 Å². The fourth-order valence-electron chi connectivity index (χ4n) is 1.96. The highest BCUT2D eigenvalue weighted by atomic mass is 32.2. The van der Waals surface area contributed by atoms with Gasteiger partial charge in [-0.2, -0.15) is 0 Å². The van der Waals surface area contributed by atoms with Gasteiger partial charge >= 0.3 is 0 Å². The Labute approximate surface area is 124 Å². The van der Waals surface area contributed by atoms with Crippen LogP contribution in [0, 0.1) is 0 Å². The van der Waals surface area contributed by atoms with E-state index in [0.717, 1.165) is 27.5 Å². The minimum absolute atomic E-state index is 0.484. The van der Waals surface area contributed by atoms with Crippen molar-refractivity contribution in [2.24, 2.45) is 0 Å². The highest BCUT2D eigenvalue weighted by Gasteiger charge is 2.14. The molecule has 3 nitrogen and oxygen atoms in total. The van der Waals surface area contributed by atoms with E-state index in [-0.39, 0.29) is 0 Å². The third-order valence-electron chi connectivity index (χ3n) is 2.82. The number of ether oxygens (including phenoxy) is 2. The van der Waals surface area contributed by atoms with Crippen molar-refractivity contribution in [3.63, 3.8) is 0 Å². The van der Waals surface area contributed by atoms with Crippen molar-refractivity contribution in [1.29, 1.82) is 0 Å². The Morgan fingerprint density at radius 3 is 2.40 bits per heavy atom. The van der Waals surface area contributed by atoms with Gasteiger partial charge in [-0.05, 0) is 18.2 Å². The summed E-state index contributed by atoms with van der Waals surface area (Å²) in [5.74, 6) is 1.70. The smallest absolute Gasteiger partial charge is 0.133 e. The Balaban J connectivity index is 2.53. The molecule has 0 saturated heterocycles. The Hall–Kier alpha value is -1.68. The molecule has 20 heavy (non-hydrogen) atoms. The van der Waals surface area contributed by atoms with Crippen LogP contribution in [0.25, 0.3) is 11.1 Å². The summed E-state index contributed by atoms with van der Waals surface area (Å²) in [6.07, 6.45) is 3.59. The minimum atomic E-state index is 0.484. The van der Waals surface area contributed by atoms with Crippen LogP contribution in [0.4, 0.5) is 0 Å². The van der Waals surface area contributed by atoms with Gasteiger partial charge in [-0.3, -0.25) is 4.98 Å². The molecule has 2 rings (SSSR count). The molecular weight excluding hydrogens is 270 g/mol. The first-order chi connectivity index (χ1) is 9.65. The summed E-state index contributed by atoms with van der Waals surface area (Å²) in [7, 11) is 3.38. The third-order valence-corrected chi connectivity index (χ3v) is 3.87. The first kappa shape index (κ1) is 14.7. The fraction of sp³-hybridized carbons (Fsp3) is 0.312. The van der Waals surface area contributed by atoms with Crippen molar-refractivity contribution in [2.45, 2.75) is 24.0 Å². The normalized spacial score (nSPS) is 10.7. The van der Waals surface area contributed by atoms with Crippen LogP contribution in [0.2, 0.25) is 0 Å². The number of benzene rings is 1. The van der Waals surface area contributed by atoms with Crippen molar-refractivity contribution in [1.82, 2.24) is 4.98 Å². The van der Waals surface area contributed by atoms with Crippen molar-refractivity contribution in [3.05, 3.63) is 36.7 Å². The summed E-state index contributed by atoms with van der Waals surface area (Å²) < 4.78 is 11.0. The summed E-state index contributed by atoms with van der Waals surface area (Å²) >= 11 is 1.76. The number of hydrogen-bond acceptors (Lipinski definition) is 4. The number of nitrogens with zero attached hydrogens (tertiary/aromatic N) is 1. The maximum absolute atomic E-state index is 5.52. The monoisotopic (exact) mass is 289 g/mol. The highest BCUT2D eigenvalue weighted by molar-refractivity contribution is 8.00. The summed E-state index contributed by atoms with van der Waals surface area (Å²) in [5, 5.41) is 0.484. The van der Waals surface area contributed by atoms with E-state index in [1.54, 1.807) is 32.2 Å². The van der Waals surface area contributed by atoms with E-state index in [2.05, 4.69) is 18.8 Å². The quantitative estimate of drug-likeness (QED) is 0.769. The van der Waals surface area contributed by atoms with Crippen LogP contribution in [0.15, 0.2) is 41.6 Å². The Kier molecular flexibility index (Phi) is 4.90. The zero-order valence-electron chi connectivity index (χ0n) is 12.2. The summed E-state index contributed by atoms with van der Waals surface area (Å²) in [5.41, 5.74) is 2.01. The molecule has 0 unspecified atom stereocenters. The number of methoxy groups -OCH3 is 2. The molecule has 1 heterocycles. The lowest BCUT2D eigenvalue weighted by molar-refractivity contribution is 0.395. The maximum atomic E-state index is 5.52. The molecule has 106 valence electrons. The number of pyridine rings is 1. The first-order valence-electron chi connectivity index (χ1n) is 6.48. The molecule has 0 aliphatic carbocycles. The van der Waals surface area contributed by atoms with Gasteiger partial charge in [0.05, 0.1) is 19.1 Å². The van der Waals surface area contributed by atoms with Gasteiger partial charge < -0.3 is 9.47 Å². The van der Waals surface area contributed by atoms with Gasteiger partial charge in [-0.1, -0.05) is 19.9 Å². The van der Waals surface area contributed by atoms with Gasteiger partial charge in [0.25, 0.3) is 0 Å². The van der Waals surface area contributed by atoms with E-state index in [1.165, 1.54) is 0 Å². The van der Waals surface area contributed by atoms with Crippen LogP contribution in [0.5, 0.6) is 11.5 Å². The van der Waals surface area contributed by atoms with E-state index in [9.17, 15) is 0 Å². The number of rotatable bonds is 5. The van der Waals surface area contributed by atoms with Crippen molar-refractivity contribution >= 4 is 11.8 Å². The van der Waals surface area contributed by atoms with E-state index in [1.807, 2.05) is 30.5 Å². The van der Waals surface area contributed by atoms with Crippen LogP contribution in [-0.2, 0) is 0 Å². The molecule has 0 atom stereocenters. The lowest BCUT2D eigenvalue weighted by atomic mass is 10.1. The van der Waals surface area contributed by atoms with Gasteiger partial charge in [0.15, 0.2) is 0 Å². The van der Waals surface area contributed by atoms with Gasteiger partial charge in [0, 0.05) is 28.8 Å². The van der Waals surface area contributed by atoms with Crippen LogP contribution in [-0.4, -0.2) is 24.5 Å². The lowest BCUT2D eigenvalue weighted by Gasteiger charge is -2.15.